The summed E-state index contributed by atoms with van der Waals surface area (Å²) in [6, 6.07) is 8.17. The molecule has 1 aliphatic rings. The molecule has 2 aromatic heterocycles. The van der Waals surface area contributed by atoms with Gasteiger partial charge in [0.05, 0.1) is 18.8 Å². The van der Waals surface area contributed by atoms with Gasteiger partial charge in [0.1, 0.15) is 11.1 Å². The van der Waals surface area contributed by atoms with Crippen molar-refractivity contribution >= 4 is 17.0 Å². The molecule has 3 aromatic rings. The highest BCUT2D eigenvalue weighted by molar-refractivity contribution is 5.74. The molecule has 0 aliphatic heterocycles. The van der Waals surface area contributed by atoms with Crippen LogP contribution in [-0.2, 0) is 11.0 Å². The Morgan fingerprint density at radius 3 is 2.68 bits per heavy atom. The molecule has 1 aromatic carbocycles. The van der Waals surface area contributed by atoms with Gasteiger partial charge in [-0.1, -0.05) is 24.6 Å². The molecular formula is C21H27N5O2. The van der Waals surface area contributed by atoms with Crippen molar-refractivity contribution in [3.8, 4) is 5.75 Å². The Hall–Kier alpha value is -2.83. The minimum atomic E-state index is -0.258. The second kappa shape index (κ2) is 6.65. The molecule has 2 N–H and O–H groups in total. The lowest BCUT2D eigenvalue weighted by molar-refractivity contribution is 0.250. The minimum absolute atomic E-state index is 0.00952. The van der Waals surface area contributed by atoms with E-state index in [1.54, 1.807) is 18.0 Å². The lowest BCUT2D eigenvalue weighted by Crippen LogP contribution is -2.41. The van der Waals surface area contributed by atoms with Crippen LogP contribution < -0.4 is 15.6 Å². The van der Waals surface area contributed by atoms with Gasteiger partial charge in [-0.25, -0.2) is 4.68 Å². The number of methoxy groups -OCH3 is 1. The van der Waals surface area contributed by atoms with E-state index in [0.29, 0.717) is 23.5 Å². The maximum absolute atomic E-state index is 12.5. The summed E-state index contributed by atoms with van der Waals surface area (Å²) in [5.41, 5.74) is 1.36. The van der Waals surface area contributed by atoms with E-state index in [0.717, 1.165) is 18.6 Å². The lowest BCUT2D eigenvalue weighted by Gasteiger charge is -2.43. The van der Waals surface area contributed by atoms with Gasteiger partial charge in [-0.05, 0) is 39.7 Å². The highest BCUT2D eigenvalue weighted by Crippen LogP contribution is 2.47. The van der Waals surface area contributed by atoms with Gasteiger partial charge < -0.3 is 10.1 Å². The van der Waals surface area contributed by atoms with Crippen LogP contribution >= 0.6 is 0 Å². The second-order valence-corrected chi connectivity index (χ2v) is 8.57. The summed E-state index contributed by atoms with van der Waals surface area (Å²) in [5.74, 6) is 1.39. The van der Waals surface area contributed by atoms with E-state index >= 15 is 0 Å². The zero-order valence-corrected chi connectivity index (χ0v) is 16.9. The third kappa shape index (κ3) is 3.04. The van der Waals surface area contributed by atoms with E-state index < -0.39 is 0 Å². The van der Waals surface area contributed by atoms with Crippen molar-refractivity contribution in [3.05, 3.63) is 46.4 Å². The van der Waals surface area contributed by atoms with Crippen molar-refractivity contribution in [1.82, 2.24) is 19.7 Å². The fraction of sp³-hybridized carbons (Fsp3) is 0.476. The Bertz CT molecular complexity index is 1060. The second-order valence-electron chi connectivity index (χ2n) is 8.57. The van der Waals surface area contributed by atoms with Crippen LogP contribution in [0.25, 0.3) is 11.0 Å². The number of aromatic amines is 1. The topological polar surface area (TPSA) is 84.8 Å². The highest BCUT2D eigenvalue weighted by Gasteiger charge is 2.40. The van der Waals surface area contributed by atoms with Crippen molar-refractivity contribution in [1.29, 1.82) is 0 Å². The molecule has 1 saturated carbocycles. The van der Waals surface area contributed by atoms with Gasteiger partial charge in [-0.2, -0.15) is 10.1 Å². The van der Waals surface area contributed by atoms with Gasteiger partial charge in [0.15, 0.2) is 5.65 Å². The zero-order chi connectivity index (χ0) is 19.9. The average Bonchev–Trinajstić information content (AvgIpc) is 3.06. The standard InChI is InChI=1S/C21H27N5O2/c1-20(2,3)26-17-14(12-23-26)18(27)25-19(24-17)22-13-21(10-7-11-21)15-8-5-6-9-16(15)28-4/h5-6,8-9,12H,7,10-11,13H2,1-4H3,(H2,22,24,25,27). The first-order chi connectivity index (χ1) is 13.3. The van der Waals surface area contributed by atoms with E-state index in [1.807, 2.05) is 39.0 Å². The van der Waals surface area contributed by atoms with Crippen LogP contribution in [0.1, 0.15) is 45.6 Å². The van der Waals surface area contributed by atoms with Crippen LogP contribution in [0.4, 0.5) is 5.95 Å². The first-order valence-corrected chi connectivity index (χ1v) is 9.70. The summed E-state index contributed by atoms with van der Waals surface area (Å²) < 4.78 is 7.38. The Balaban J connectivity index is 1.66. The molecular weight excluding hydrogens is 354 g/mol. The normalized spacial score (nSPS) is 16.0. The summed E-state index contributed by atoms with van der Waals surface area (Å²) >= 11 is 0. The number of aromatic nitrogens is 4. The number of hydrogen-bond donors (Lipinski definition) is 2. The van der Waals surface area contributed by atoms with Crippen LogP contribution in [0.3, 0.4) is 0 Å². The quantitative estimate of drug-likeness (QED) is 0.707. The number of rotatable bonds is 5. The largest absolute Gasteiger partial charge is 0.496 e. The number of fused-ring (bicyclic) bond motifs is 1. The molecule has 2 heterocycles. The molecule has 1 fully saturated rings. The Morgan fingerprint density at radius 1 is 1.29 bits per heavy atom. The van der Waals surface area contributed by atoms with Gasteiger partial charge in [-0.15, -0.1) is 0 Å². The predicted molar refractivity (Wildman–Crippen MR) is 110 cm³/mol. The predicted octanol–water partition coefficient (Wildman–Crippen LogP) is 3.42. The molecule has 0 atom stereocenters. The Kier molecular flexibility index (Phi) is 4.40. The number of para-hydroxylation sites is 1. The molecule has 7 heteroatoms. The monoisotopic (exact) mass is 381 g/mol. The number of H-pyrrole nitrogens is 1. The van der Waals surface area contributed by atoms with E-state index in [1.165, 1.54) is 12.0 Å². The molecule has 0 spiro atoms. The number of nitrogens with one attached hydrogen (secondary N) is 2. The molecule has 0 unspecified atom stereocenters. The van der Waals surface area contributed by atoms with Gasteiger partial charge in [0.25, 0.3) is 5.56 Å². The fourth-order valence-electron chi connectivity index (χ4n) is 3.97. The fourth-order valence-corrected chi connectivity index (χ4v) is 3.97. The van der Waals surface area contributed by atoms with Crippen molar-refractivity contribution in [3.63, 3.8) is 0 Å². The van der Waals surface area contributed by atoms with Gasteiger partial charge >= 0.3 is 0 Å². The highest BCUT2D eigenvalue weighted by atomic mass is 16.5. The summed E-state index contributed by atoms with van der Waals surface area (Å²) in [6.07, 6.45) is 4.91. The van der Waals surface area contributed by atoms with E-state index in [2.05, 4.69) is 26.4 Å². The van der Waals surface area contributed by atoms with E-state index in [-0.39, 0.29) is 16.5 Å². The zero-order valence-electron chi connectivity index (χ0n) is 16.9. The molecule has 28 heavy (non-hydrogen) atoms. The van der Waals surface area contributed by atoms with Crippen molar-refractivity contribution in [2.45, 2.75) is 51.0 Å². The van der Waals surface area contributed by atoms with E-state index in [9.17, 15) is 4.79 Å². The smallest absolute Gasteiger partial charge is 0.263 e. The number of anilines is 1. The van der Waals surface area contributed by atoms with Crippen LogP contribution in [0.5, 0.6) is 5.75 Å². The van der Waals surface area contributed by atoms with Crippen LogP contribution in [0.2, 0.25) is 0 Å². The SMILES string of the molecule is COc1ccccc1C1(CNc2nc3c(cnn3C(C)(C)C)c(=O)[nH]2)CCC1. The Morgan fingerprint density at radius 2 is 2.04 bits per heavy atom. The van der Waals surface area contributed by atoms with Crippen LogP contribution in [0.15, 0.2) is 35.3 Å². The summed E-state index contributed by atoms with van der Waals surface area (Å²) in [6.45, 7) is 6.81. The van der Waals surface area contributed by atoms with Gasteiger partial charge in [0.2, 0.25) is 5.95 Å². The first-order valence-electron chi connectivity index (χ1n) is 9.70. The summed E-state index contributed by atoms with van der Waals surface area (Å²) in [7, 11) is 1.71. The third-order valence-electron chi connectivity index (χ3n) is 5.66. The molecule has 148 valence electrons. The minimum Gasteiger partial charge on any atom is -0.496 e. The Labute approximate surface area is 164 Å². The maximum atomic E-state index is 12.5. The van der Waals surface area contributed by atoms with Crippen molar-refractivity contribution in [2.75, 3.05) is 19.0 Å². The molecule has 0 bridgehead atoms. The molecule has 0 amide bonds. The van der Waals surface area contributed by atoms with Crippen molar-refractivity contribution < 1.29 is 4.74 Å². The first kappa shape index (κ1) is 18.5. The lowest BCUT2D eigenvalue weighted by atomic mass is 9.64. The van der Waals surface area contributed by atoms with Crippen LogP contribution in [0, 0.1) is 0 Å². The molecule has 1 aliphatic carbocycles. The molecule has 0 radical (unpaired) electrons. The third-order valence-corrected chi connectivity index (χ3v) is 5.66. The number of hydrogen-bond acceptors (Lipinski definition) is 5. The summed E-state index contributed by atoms with van der Waals surface area (Å²) in [5, 5.41) is 8.24. The van der Waals surface area contributed by atoms with E-state index in [4.69, 9.17) is 4.74 Å². The molecule has 7 nitrogen and oxygen atoms in total. The summed E-state index contributed by atoms with van der Waals surface area (Å²) in [4.78, 5) is 20.0. The van der Waals surface area contributed by atoms with Crippen molar-refractivity contribution in [2.24, 2.45) is 0 Å². The average molecular weight is 381 g/mol. The number of benzene rings is 1. The van der Waals surface area contributed by atoms with Gasteiger partial charge in [-0.3, -0.25) is 9.78 Å². The maximum Gasteiger partial charge on any atom is 0.263 e. The number of nitrogens with zero attached hydrogens (tertiary/aromatic N) is 3. The van der Waals surface area contributed by atoms with Crippen LogP contribution in [-0.4, -0.2) is 33.4 Å². The number of ether oxygens (including phenoxy) is 1. The molecule has 0 saturated heterocycles. The molecule has 4 rings (SSSR count). The van der Waals surface area contributed by atoms with Gasteiger partial charge in [0, 0.05) is 17.5 Å².